The lowest BCUT2D eigenvalue weighted by atomic mass is 9.83. The van der Waals surface area contributed by atoms with Gasteiger partial charge in [-0.15, -0.1) is 0 Å². The van der Waals surface area contributed by atoms with Gasteiger partial charge in [0.1, 0.15) is 5.78 Å². The third kappa shape index (κ3) is 1.84. The van der Waals surface area contributed by atoms with Crippen LogP contribution in [-0.2, 0) is 18.3 Å². The van der Waals surface area contributed by atoms with Crippen molar-refractivity contribution < 1.29 is 4.79 Å². The average molecular weight is 247 g/mol. The molecule has 4 heteroatoms. The van der Waals surface area contributed by atoms with E-state index < -0.39 is 0 Å². The fourth-order valence-corrected chi connectivity index (χ4v) is 3.56. The van der Waals surface area contributed by atoms with Crippen molar-refractivity contribution in [3.05, 3.63) is 11.9 Å². The first-order valence-electron chi connectivity index (χ1n) is 7.01. The number of ketones is 1. The molecule has 0 aliphatic carbocycles. The van der Waals surface area contributed by atoms with E-state index in [1.165, 1.54) is 17.8 Å². The molecule has 1 aromatic heterocycles. The van der Waals surface area contributed by atoms with Gasteiger partial charge in [0.25, 0.3) is 0 Å². The number of aromatic nitrogens is 2. The van der Waals surface area contributed by atoms with Gasteiger partial charge in [-0.05, 0) is 25.7 Å². The van der Waals surface area contributed by atoms with Gasteiger partial charge in [-0.25, -0.2) is 0 Å². The van der Waals surface area contributed by atoms with Crippen molar-refractivity contribution in [3.8, 4) is 0 Å². The summed E-state index contributed by atoms with van der Waals surface area (Å²) in [6.45, 7) is 2.15. The van der Waals surface area contributed by atoms with Crippen molar-refractivity contribution >= 4 is 11.5 Å². The normalized spacial score (nSPS) is 27.7. The molecule has 3 rings (SSSR count). The summed E-state index contributed by atoms with van der Waals surface area (Å²) in [6, 6.07) is 0.832. The van der Waals surface area contributed by atoms with Crippen LogP contribution in [0, 0.1) is 0 Å². The molecule has 2 saturated heterocycles. The molecule has 18 heavy (non-hydrogen) atoms. The summed E-state index contributed by atoms with van der Waals surface area (Å²) >= 11 is 0. The highest BCUT2D eigenvalue weighted by Crippen LogP contribution is 2.37. The zero-order valence-corrected chi connectivity index (χ0v) is 11.2. The van der Waals surface area contributed by atoms with Crippen molar-refractivity contribution in [2.45, 2.75) is 57.5 Å². The third-order valence-electron chi connectivity index (χ3n) is 4.28. The number of anilines is 1. The smallest absolute Gasteiger partial charge is 0.137 e. The Bertz CT molecular complexity index is 450. The van der Waals surface area contributed by atoms with Gasteiger partial charge in [-0.1, -0.05) is 6.92 Å². The number of piperidine rings is 2. The first-order valence-corrected chi connectivity index (χ1v) is 7.01. The molecule has 2 aliphatic heterocycles. The van der Waals surface area contributed by atoms with Gasteiger partial charge in [0, 0.05) is 38.2 Å². The Morgan fingerprint density at radius 2 is 2.00 bits per heavy atom. The highest BCUT2D eigenvalue weighted by atomic mass is 16.1. The van der Waals surface area contributed by atoms with Gasteiger partial charge in [0.15, 0.2) is 0 Å². The van der Waals surface area contributed by atoms with E-state index in [0.717, 1.165) is 32.1 Å². The molecule has 98 valence electrons. The van der Waals surface area contributed by atoms with Crippen molar-refractivity contribution in [1.29, 1.82) is 0 Å². The van der Waals surface area contributed by atoms with Crippen LogP contribution in [0.15, 0.2) is 6.20 Å². The number of carbonyl (C=O) groups is 1. The van der Waals surface area contributed by atoms with Gasteiger partial charge in [0.2, 0.25) is 0 Å². The summed E-state index contributed by atoms with van der Waals surface area (Å²) in [4.78, 5) is 14.3. The van der Waals surface area contributed by atoms with Crippen LogP contribution in [-0.4, -0.2) is 27.6 Å². The maximum Gasteiger partial charge on any atom is 0.137 e. The summed E-state index contributed by atoms with van der Waals surface area (Å²) < 4.78 is 1.90. The fraction of sp³-hybridized carbons (Fsp3) is 0.714. The minimum Gasteiger partial charge on any atom is -0.362 e. The van der Waals surface area contributed by atoms with Crippen molar-refractivity contribution in [1.82, 2.24) is 9.78 Å². The molecule has 3 heterocycles. The van der Waals surface area contributed by atoms with E-state index in [1.54, 1.807) is 0 Å². The van der Waals surface area contributed by atoms with E-state index >= 15 is 0 Å². The molecular weight excluding hydrogens is 226 g/mol. The van der Waals surface area contributed by atoms with Crippen molar-refractivity contribution in [2.75, 3.05) is 4.90 Å². The molecule has 2 fully saturated rings. The Balaban J connectivity index is 1.97. The third-order valence-corrected chi connectivity index (χ3v) is 4.28. The quantitative estimate of drug-likeness (QED) is 0.803. The minimum absolute atomic E-state index is 0.416. The van der Waals surface area contributed by atoms with E-state index in [2.05, 4.69) is 23.1 Å². The fourth-order valence-electron chi connectivity index (χ4n) is 3.56. The second-order valence-electron chi connectivity index (χ2n) is 5.58. The van der Waals surface area contributed by atoms with Gasteiger partial charge >= 0.3 is 0 Å². The van der Waals surface area contributed by atoms with Crippen LogP contribution < -0.4 is 4.90 Å². The first kappa shape index (κ1) is 11.8. The van der Waals surface area contributed by atoms with E-state index in [9.17, 15) is 4.79 Å². The summed E-state index contributed by atoms with van der Waals surface area (Å²) in [6.07, 6.45) is 8.12. The standard InChI is InChI=1S/C14H21N3O/c1-3-13-14(9-16(2)15-13)17-10-5-4-6-11(17)8-12(18)7-10/h9-11H,3-8H2,1-2H3. The number of aryl methyl sites for hydroxylation is 2. The lowest BCUT2D eigenvalue weighted by Gasteiger charge is -2.46. The topological polar surface area (TPSA) is 38.1 Å². The Labute approximate surface area is 108 Å². The Kier molecular flexibility index (Phi) is 2.88. The second-order valence-corrected chi connectivity index (χ2v) is 5.58. The second kappa shape index (κ2) is 4.41. The number of hydrogen-bond acceptors (Lipinski definition) is 3. The Morgan fingerprint density at radius 1 is 1.33 bits per heavy atom. The summed E-state index contributed by atoms with van der Waals surface area (Å²) in [5.74, 6) is 0.447. The predicted octanol–water partition coefficient (Wildman–Crippen LogP) is 2.07. The number of Topliss-reactive ketones (excluding diaryl/α,β-unsaturated/α-hetero) is 1. The average Bonchev–Trinajstić information content (AvgIpc) is 2.69. The zero-order chi connectivity index (χ0) is 12.7. The highest BCUT2D eigenvalue weighted by Gasteiger charge is 2.38. The predicted molar refractivity (Wildman–Crippen MR) is 70.7 cm³/mol. The van der Waals surface area contributed by atoms with Crippen LogP contribution in [0.25, 0.3) is 0 Å². The maximum atomic E-state index is 11.8. The molecule has 4 nitrogen and oxygen atoms in total. The van der Waals surface area contributed by atoms with E-state index in [1.807, 2.05) is 11.7 Å². The highest BCUT2D eigenvalue weighted by molar-refractivity contribution is 5.82. The molecule has 0 radical (unpaired) electrons. The molecule has 2 aliphatic rings. The summed E-state index contributed by atoms with van der Waals surface area (Å²) in [5, 5.41) is 4.54. The molecule has 0 aromatic carbocycles. The maximum absolute atomic E-state index is 11.8. The lowest BCUT2D eigenvalue weighted by Crippen LogP contribution is -2.52. The first-order chi connectivity index (χ1) is 8.69. The van der Waals surface area contributed by atoms with Gasteiger partial charge in [0.05, 0.1) is 11.4 Å². The van der Waals surface area contributed by atoms with Crippen LogP contribution in [0.2, 0.25) is 0 Å². The zero-order valence-electron chi connectivity index (χ0n) is 11.2. The Hall–Kier alpha value is -1.32. The van der Waals surface area contributed by atoms with E-state index in [4.69, 9.17) is 0 Å². The largest absolute Gasteiger partial charge is 0.362 e. The number of nitrogens with zero attached hydrogens (tertiary/aromatic N) is 3. The van der Waals surface area contributed by atoms with Gasteiger partial charge < -0.3 is 4.90 Å². The van der Waals surface area contributed by atoms with Gasteiger partial charge in [-0.3, -0.25) is 9.48 Å². The lowest BCUT2D eigenvalue weighted by molar-refractivity contribution is -0.121. The Morgan fingerprint density at radius 3 is 2.61 bits per heavy atom. The van der Waals surface area contributed by atoms with Crippen LogP contribution in [0.5, 0.6) is 0 Å². The van der Waals surface area contributed by atoms with E-state index in [0.29, 0.717) is 17.9 Å². The molecule has 0 amide bonds. The molecular formula is C14H21N3O. The monoisotopic (exact) mass is 247 g/mol. The molecule has 0 saturated carbocycles. The molecule has 0 spiro atoms. The van der Waals surface area contributed by atoms with Crippen molar-refractivity contribution in [2.24, 2.45) is 7.05 Å². The van der Waals surface area contributed by atoms with Crippen LogP contribution in [0.3, 0.4) is 0 Å². The van der Waals surface area contributed by atoms with Crippen LogP contribution >= 0.6 is 0 Å². The summed E-state index contributed by atoms with van der Waals surface area (Å²) in [5.41, 5.74) is 2.44. The summed E-state index contributed by atoms with van der Waals surface area (Å²) in [7, 11) is 1.98. The van der Waals surface area contributed by atoms with Crippen LogP contribution in [0.1, 0.15) is 44.7 Å². The van der Waals surface area contributed by atoms with Crippen molar-refractivity contribution in [3.63, 3.8) is 0 Å². The SMILES string of the molecule is CCc1nn(C)cc1N1C2CCCC1CC(=O)C2. The number of rotatable bonds is 2. The van der Waals surface area contributed by atoms with Crippen LogP contribution in [0.4, 0.5) is 5.69 Å². The van der Waals surface area contributed by atoms with Gasteiger partial charge in [-0.2, -0.15) is 5.10 Å². The minimum atomic E-state index is 0.416. The molecule has 2 atom stereocenters. The number of carbonyl (C=O) groups excluding carboxylic acids is 1. The molecule has 2 bridgehead atoms. The number of fused-ring (bicyclic) bond motifs is 2. The molecule has 0 N–H and O–H groups in total. The molecule has 2 unspecified atom stereocenters. The molecule has 1 aromatic rings. The van der Waals surface area contributed by atoms with E-state index in [-0.39, 0.29) is 0 Å². The number of hydrogen-bond donors (Lipinski definition) is 0.